The lowest BCUT2D eigenvalue weighted by Crippen LogP contribution is -2.52. The zero-order valence-corrected chi connectivity index (χ0v) is 23.4. The van der Waals surface area contributed by atoms with E-state index in [4.69, 9.17) is 34.2 Å². The summed E-state index contributed by atoms with van der Waals surface area (Å²) in [5.41, 5.74) is 8.39. The van der Waals surface area contributed by atoms with E-state index in [0.717, 1.165) is 11.1 Å². The smallest absolute Gasteiger partial charge is 0.333 e. The summed E-state index contributed by atoms with van der Waals surface area (Å²) in [6.45, 7) is 14.0. The van der Waals surface area contributed by atoms with Gasteiger partial charge < -0.3 is 34.2 Å². The van der Waals surface area contributed by atoms with Crippen molar-refractivity contribution < 1.29 is 38.0 Å². The van der Waals surface area contributed by atoms with Crippen LogP contribution in [0.5, 0.6) is 11.5 Å². The van der Waals surface area contributed by atoms with Gasteiger partial charge in [0.25, 0.3) is 0 Å². The van der Waals surface area contributed by atoms with Gasteiger partial charge in [0, 0.05) is 5.57 Å². The van der Waals surface area contributed by atoms with Crippen LogP contribution in [0.15, 0.2) is 54.6 Å². The van der Waals surface area contributed by atoms with E-state index in [1.54, 1.807) is 32.9 Å². The number of rotatable bonds is 12. The quantitative estimate of drug-likeness (QED) is 0.133. The zero-order valence-electron chi connectivity index (χ0n) is 23.4. The number of nitrogen functional groups attached to an aromatic ring is 1. The molecule has 1 fully saturated rings. The van der Waals surface area contributed by atoms with Gasteiger partial charge in [0.1, 0.15) is 24.7 Å². The van der Waals surface area contributed by atoms with Crippen LogP contribution in [0.3, 0.4) is 0 Å². The third-order valence-corrected chi connectivity index (χ3v) is 6.09. The highest BCUT2D eigenvalue weighted by molar-refractivity contribution is 5.86. The van der Waals surface area contributed by atoms with E-state index in [1.807, 2.05) is 44.2 Å². The summed E-state index contributed by atoms with van der Waals surface area (Å²) in [6, 6.07) is 12.8. The van der Waals surface area contributed by atoms with Crippen LogP contribution >= 0.6 is 0 Å². The summed E-state index contributed by atoms with van der Waals surface area (Å²) >= 11 is 0. The molecule has 39 heavy (non-hydrogen) atoms. The number of benzene rings is 2. The van der Waals surface area contributed by atoms with Crippen LogP contribution in [0.25, 0.3) is 11.1 Å². The summed E-state index contributed by atoms with van der Waals surface area (Å²) in [5, 5.41) is 0. The molecule has 0 unspecified atom stereocenters. The molecule has 0 radical (unpaired) electrons. The molecule has 1 heterocycles. The maximum atomic E-state index is 11.8. The van der Waals surface area contributed by atoms with Gasteiger partial charge in [-0.1, -0.05) is 38.6 Å². The number of anilines is 1. The van der Waals surface area contributed by atoms with Gasteiger partial charge in [-0.05, 0) is 56.2 Å². The maximum absolute atomic E-state index is 11.8. The number of hydrogen-bond acceptors (Lipinski definition) is 9. The third kappa shape index (κ3) is 8.81. The van der Waals surface area contributed by atoms with E-state index in [1.165, 1.54) is 0 Å². The number of nitrogens with two attached hydrogens (primary N) is 1. The standard InChI is InChI=1S/C30H39NO8/c1-20(2)27(32)35-14-13-34-16-30(18-37-29(5,6)38-19-30)17-36-26-12-9-23(15-25(26)31)22-7-10-24(11-8-22)39-28(33)21(3)4/h7-12,15,21H,1,13-14,16-19,31H2,2-6H3. The van der Waals surface area contributed by atoms with Crippen molar-refractivity contribution in [2.75, 3.05) is 45.4 Å². The highest BCUT2D eigenvalue weighted by Crippen LogP contribution is 2.34. The molecule has 9 heteroatoms. The molecule has 0 bridgehead atoms. The normalized spacial score (nSPS) is 15.9. The van der Waals surface area contributed by atoms with Crippen LogP contribution in [-0.2, 0) is 28.5 Å². The Kier molecular flexibility index (Phi) is 10.1. The zero-order chi connectivity index (χ0) is 28.6. The average molecular weight is 542 g/mol. The molecule has 0 aliphatic carbocycles. The van der Waals surface area contributed by atoms with E-state index in [-0.39, 0.29) is 38.3 Å². The molecular formula is C30H39NO8. The monoisotopic (exact) mass is 541 g/mol. The molecule has 2 aromatic rings. The first-order chi connectivity index (χ1) is 18.4. The highest BCUT2D eigenvalue weighted by atomic mass is 16.7. The van der Waals surface area contributed by atoms with Crippen LogP contribution in [0, 0.1) is 11.3 Å². The number of carbonyl (C=O) groups is 2. The van der Waals surface area contributed by atoms with Gasteiger partial charge in [-0.15, -0.1) is 0 Å². The Morgan fingerprint density at radius 1 is 1.00 bits per heavy atom. The van der Waals surface area contributed by atoms with Gasteiger partial charge in [0.2, 0.25) is 0 Å². The van der Waals surface area contributed by atoms with Gasteiger partial charge in [-0.3, -0.25) is 4.79 Å². The molecule has 3 rings (SSSR count). The summed E-state index contributed by atoms with van der Waals surface area (Å²) in [7, 11) is 0. The molecule has 0 amide bonds. The maximum Gasteiger partial charge on any atom is 0.333 e. The fourth-order valence-corrected chi connectivity index (χ4v) is 3.59. The summed E-state index contributed by atoms with van der Waals surface area (Å²) < 4.78 is 34.2. The lowest BCUT2D eigenvalue weighted by molar-refractivity contribution is -0.295. The van der Waals surface area contributed by atoms with E-state index < -0.39 is 17.2 Å². The minimum atomic E-state index is -0.705. The van der Waals surface area contributed by atoms with Crippen molar-refractivity contribution in [1.82, 2.24) is 0 Å². The second-order valence-electron chi connectivity index (χ2n) is 10.6. The molecule has 1 aliphatic heterocycles. The molecule has 0 spiro atoms. The molecule has 9 nitrogen and oxygen atoms in total. The molecule has 1 aliphatic rings. The van der Waals surface area contributed by atoms with Crippen LogP contribution in [0.2, 0.25) is 0 Å². The molecule has 0 saturated carbocycles. The Bertz CT molecular complexity index is 1150. The Balaban J connectivity index is 1.61. The first-order valence-corrected chi connectivity index (χ1v) is 12.9. The van der Waals surface area contributed by atoms with Crippen molar-refractivity contribution in [3.05, 3.63) is 54.6 Å². The second-order valence-corrected chi connectivity index (χ2v) is 10.6. The van der Waals surface area contributed by atoms with Gasteiger partial charge in [-0.2, -0.15) is 0 Å². The van der Waals surface area contributed by atoms with E-state index in [2.05, 4.69) is 6.58 Å². The molecular weight excluding hydrogens is 502 g/mol. The molecule has 0 aromatic heterocycles. The van der Waals surface area contributed by atoms with Gasteiger partial charge >= 0.3 is 11.9 Å². The lowest BCUT2D eigenvalue weighted by atomic mass is 9.91. The van der Waals surface area contributed by atoms with Crippen LogP contribution < -0.4 is 15.2 Å². The summed E-state index contributed by atoms with van der Waals surface area (Å²) in [5.74, 6) is -0.614. The fourth-order valence-electron chi connectivity index (χ4n) is 3.59. The predicted molar refractivity (Wildman–Crippen MR) is 147 cm³/mol. The van der Waals surface area contributed by atoms with Crippen molar-refractivity contribution in [2.24, 2.45) is 11.3 Å². The largest absolute Gasteiger partial charge is 0.491 e. The molecule has 0 atom stereocenters. The van der Waals surface area contributed by atoms with Crippen LogP contribution in [0.4, 0.5) is 5.69 Å². The van der Waals surface area contributed by atoms with Crippen molar-refractivity contribution >= 4 is 17.6 Å². The minimum absolute atomic E-state index is 0.116. The van der Waals surface area contributed by atoms with E-state index >= 15 is 0 Å². The fraction of sp³-hybridized carbons (Fsp3) is 0.467. The molecule has 2 aromatic carbocycles. The number of esters is 2. The average Bonchev–Trinajstić information content (AvgIpc) is 2.89. The van der Waals surface area contributed by atoms with Gasteiger partial charge in [-0.25, -0.2) is 4.79 Å². The molecule has 2 N–H and O–H groups in total. The minimum Gasteiger partial charge on any atom is -0.491 e. The summed E-state index contributed by atoms with van der Waals surface area (Å²) in [6.07, 6.45) is 0. The number of ether oxygens (including phenoxy) is 6. The molecule has 212 valence electrons. The van der Waals surface area contributed by atoms with Crippen LogP contribution in [-0.4, -0.2) is 57.4 Å². The Morgan fingerprint density at radius 3 is 2.23 bits per heavy atom. The second kappa shape index (κ2) is 13.1. The van der Waals surface area contributed by atoms with Gasteiger partial charge in [0.15, 0.2) is 5.79 Å². The van der Waals surface area contributed by atoms with E-state index in [9.17, 15) is 9.59 Å². The highest BCUT2D eigenvalue weighted by Gasteiger charge is 2.41. The first kappa shape index (κ1) is 30.1. The van der Waals surface area contributed by atoms with Crippen molar-refractivity contribution in [3.8, 4) is 22.6 Å². The van der Waals surface area contributed by atoms with Crippen LogP contribution in [0.1, 0.15) is 34.6 Å². The van der Waals surface area contributed by atoms with Crippen molar-refractivity contribution in [1.29, 1.82) is 0 Å². The first-order valence-electron chi connectivity index (χ1n) is 12.9. The molecule has 1 saturated heterocycles. The number of carbonyl (C=O) groups excluding carboxylic acids is 2. The summed E-state index contributed by atoms with van der Waals surface area (Å²) in [4.78, 5) is 23.4. The Hall–Kier alpha value is -3.40. The lowest BCUT2D eigenvalue weighted by Gasteiger charge is -2.42. The van der Waals surface area contributed by atoms with Crippen molar-refractivity contribution in [3.63, 3.8) is 0 Å². The topological polar surface area (TPSA) is 116 Å². The Morgan fingerprint density at radius 2 is 1.64 bits per heavy atom. The Labute approximate surface area is 230 Å². The SMILES string of the molecule is C=C(C)C(=O)OCCOCC1(COc2ccc(-c3ccc(OC(=O)C(C)C)cc3)cc2N)COC(C)(C)OC1. The number of hydrogen-bond donors (Lipinski definition) is 1. The predicted octanol–water partition coefficient (Wildman–Crippen LogP) is 4.78. The van der Waals surface area contributed by atoms with E-state index in [0.29, 0.717) is 36.0 Å². The third-order valence-electron chi connectivity index (χ3n) is 6.09. The van der Waals surface area contributed by atoms with Gasteiger partial charge in [0.05, 0.1) is 43.4 Å². The van der Waals surface area contributed by atoms with Crippen molar-refractivity contribution in [2.45, 2.75) is 40.4 Å².